The fourth-order valence-corrected chi connectivity index (χ4v) is 3.05. The number of aromatic nitrogens is 2. The fraction of sp³-hybridized carbons (Fsp3) is 0.304. The Labute approximate surface area is 180 Å². The Morgan fingerprint density at radius 1 is 1.10 bits per heavy atom. The number of amides is 2. The molecule has 31 heavy (non-hydrogen) atoms. The van der Waals surface area contributed by atoms with Crippen molar-refractivity contribution in [1.82, 2.24) is 14.5 Å². The lowest BCUT2D eigenvalue weighted by Gasteiger charge is -2.25. The number of hydrogen-bond acceptors (Lipinski definition) is 5. The highest BCUT2D eigenvalue weighted by atomic mass is 16.6. The molecule has 0 aliphatic carbocycles. The van der Waals surface area contributed by atoms with Crippen molar-refractivity contribution >= 4 is 28.7 Å². The van der Waals surface area contributed by atoms with Gasteiger partial charge in [-0.25, -0.2) is 9.78 Å². The van der Waals surface area contributed by atoms with Crippen LogP contribution in [0.3, 0.4) is 0 Å². The molecule has 1 aromatic heterocycles. The number of nitrogens with zero attached hydrogens (tertiary/aromatic N) is 3. The van der Waals surface area contributed by atoms with Gasteiger partial charge in [0.1, 0.15) is 12.1 Å². The Bertz CT molecular complexity index is 1160. The van der Waals surface area contributed by atoms with Crippen molar-refractivity contribution in [2.75, 3.05) is 12.4 Å². The topological polar surface area (TPSA) is 93.5 Å². The molecule has 0 aliphatic rings. The van der Waals surface area contributed by atoms with E-state index in [1.54, 1.807) is 58.2 Å². The minimum Gasteiger partial charge on any atom is -0.444 e. The SMILES string of the molecule is CN(Cc1ccccc1NC(=O)Cn1c(=O)cnc2ccccc21)C(=O)OC(C)(C)C. The highest BCUT2D eigenvalue weighted by Crippen LogP contribution is 2.19. The van der Waals surface area contributed by atoms with E-state index >= 15 is 0 Å². The summed E-state index contributed by atoms with van der Waals surface area (Å²) in [6.45, 7) is 5.51. The number of para-hydroxylation sites is 3. The van der Waals surface area contributed by atoms with Gasteiger partial charge in [0, 0.05) is 12.7 Å². The summed E-state index contributed by atoms with van der Waals surface area (Å²) in [4.78, 5) is 42.8. The van der Waals surface area contributed by atoms with E-state index in [4.69, 9.17) is 4.74 Å². The molecule has 0 spiro atoms. The molecule has 3 rings (SSSR count). The minimum atomic E-state index is -0.598. The summed E-state index contributed by atoms with van der Waals surface area (Å²) in [5, 5.41) is 2.85. The Kier molecular flexibility index (Phi) is 6.39. The number of benzene rings is 2. The van der Waals surface area contributed by atoms with E-state index in [2.05, 4.69) is 10.3 Å². The molecule has 0 radical (unpaired) electrons. The molecule has 0 unspecified atom stereocenters. The monoisotopic (exact) mass is 422 g/mol. The number of carbonyl (C=O) groups is 2. The van der Waals surface area contributed by atoms with Gasteiger partial charge in [0.15, 0.2) is 0 Å². The highest BCUT2D eigenvalue weighted by molar-refractivity contribution is 5.92. The van der Waals surface area contributed by atoms with Crippen LogP contribution in [-0.2, 0) is 22.6 Å². The van der Waals surface area contributed by atoms with E-state index in [0.29, 0.717) is 16.7 Å². The first-order valence-corrected chi connectivity index (χ1v) is 9.90. The van der Waals surface area contributed by atoms with Crippen molar-refractivity contribution < 1.29 is 14.3 Å². The average Bonchev–Trinajstić information content (AvgIpc) is 2.70. The number of rotatable bonds is 5. The van der Waals surface area contributed by atoms with E-state index in [1.807, 2.05) is 18.2 Å². The van der Waals surface area contributed by atoms with Gasteiger partial charge in [-0.15, -0.1) is 0 Å². The lowest BCUT2D eigenvalue weighted by atomic mass is 10.1. The summed E-state index contributed by atoms with van der Waals surface area (Å²) in [5.41, 5.74) is 1.58. The minimum absolute atomic E-state index is 0.155. The average molecular weight is 422 g/mol. The van der Waals surface area contributed by atoms with Crippen molar-refractivity contribution in [3.8, 4) is 0 Å². The molecule has 0 saturated carbocycles. The van der Waals surface area contributed by atoms with Gasteiger partial charge < -0.3 is 15.0 Å². The van der Waals surface area contributed by atoms with E-state index in [1.165, 1.54) is 15.7 Å². The molecule has 8 heteroatoms. The Morgan fingerprint density at radius 3 is 2.52 bits per heavy atom. The molecule has 0 saturated heterocycles. The molecule has 1 heterocycles. The first kappa shape index (κ1) is 22.0. The van der Waals surface area contributed by atoms with Crippen LogP contribution < -0.4 is 10.9 Å². The zero-order chi connectivity index (χ0) is 22.6. The van der Waals surface area contributed by atoms with Crippen LogP contribution in [0.4, 0.5) is 10.5 Å². The van der Waals surface area contributed by atoms with Gasteiger partial charge in [-0.3, -0.25) is 14.2 Å². The maximum absolute atomic E-state index is 12.7. The zero-order valence-electron chi connectivity index (χ0n) is 18.1. The summed E-state index contributed by atoms with van der Waals surface area (Å²) in [5.74, 6) is -0.356. The molecule has 0 fully saturated rings. The molecule has 2 aromatic carbocycles. The fourth-order valence-electron chi connectivity index (χ4n) is 3.05. The predicted octanol–water partition coefficient (Wildman–Crippen LogP) is 3.40. The van der Waals surface area contributed by atoms with Gasteiger partial charge in [0.05, 0.1) is 23.8 Å². The summed E-state index contributed by atoms with van der Waals surface area (Å²) in [6.07, 6.45) is 0.753. The second-order valence-corrected chi connectivity index (χ2v) is 8.21. The number of nitrogens with one attached hydrogen (secondary N) is 1. The van der Waals surface area contributed by atoms with Gasteiger partial charge >= 0.3 is 6.09 Å². The van der Waals surface area contributed by atoms with Crippen LogP contribution in [0.1, 0.15) is 26.3 Å². The largest absolute Gasteiger partial charge is 0.444 e. The highest BCUT2D eigenvalue weighted by Gasteiger charge is 2.20. The van der Waals surface area contributed by atoms with Crippen molar-refractivity contribution in [3.63, 3.8) is 0 Å². The molecule has 0 aliphatic heterocycles. The van der Waals surface area contributed by atoms with Gasteiger partial charge in [0.2, 0.25) is 5.91 Å². The summed E-state index contributed by atoms with van der Waals surface area (Å²) < 4.78 is 6.76. The van der Waals surface area contributed by atoms with Crippen molar-refractivity contribution in [2.45, 2.75) is 39.5 Å². The number of hydrogen-bond donors (Lipinski definition) is 1. The normalized spacial score (nSPS) is 11.2. The lowest BCUT2D eigenvalue weighted by molar-refractivity contribution is -0.116. The molecule has 2 amide bonds. The standard InChI is InChI=1S/C23H26N4O4/c1-23(2,3)31-22(30)26(4)14-16-9-5-6-10-17(16)25-20(28)15-27-19-12-8-7-11-18(19)24-13-21(27)29/h5-13H,14-15H2,1-4H3,(H,25,28). The second-order valence-electron chi connectivity index (χ2n) is 8.21. The van der Waals surface area contributed by atoms with Crippen LogP contribution in [-0.4, -0.2) is 39.1 Å². The van der Waals surface area contributed by atoms with E-state index in [-0.39, 0.29) is 24.6 Å². The quantitative estimate of drug-likeness (QED) is 0.680. The maximum atomic E-state index is 12.7. The molecular weight excluding hydrogens is 396 g/mol. The zero-order valence-corrected chi connectivity index (χ0v) is 18.1. The lowest BCUT2D eigenvalue weighted by Crippen LogP contribution is -2.34. The predicted molar refractivity (Wildman–Crippen MR) is 119 cm³/mol. The van der Waals surface area contributed by atoms with Crippen LogP contribution >= 0.6 is 0 Å². The van der Waals surface area contributed by atoms with E-state index < -0.39 is 11.7 Å². The smallest absolute Gasteiger partial charge is 0.410 e. The van der Waals surface area contributed by atoms with Gasteiger partial charge in [-0.1, -0.05) is 30.3 Å². The third-order valence-electron chi connectivity index (χ3n) is 4.46. The first-order valence-electron chi connectivity index (χ1n) is 9.90. The van der Waals surface area contributed by atoms with Crippen molar-refractivity contribution in [1.29, 1.82) is 0 Å². The molecular formula is C23H26N4O4. The molecule has 0 bridgehead atoms. The first-order chi connectivity index (χ1) is 14.6. The third-order valence-corrected chi connectivity index (χ3v) is 4.46. The number of fused-ring (bicyclic) bond motifs is 1. The van der Waals surface area contributed by atoms with Crippen LogP contribution in [0, 0.1) is 0 Å². The third kappa shape index (κ3) is 5.69. The summed E-state index contributed by atoms with van der Waals surface area (Å²) >= 11 is 0. The molecule has 3 aromatic rings. The van der Waals surface area contributed by atoms with Crippen LogP contribution in [0.5, 0.6) is 0 Å². The summed E-state index contributed by atoms with van der Waals surface area (Å²) in [6, 6.07) is 14.3. The van der Waals surface area contributed by atoms with Gasteiger partial charge in [-0.05, 0) is 44.5 Å². The Balaban J connectivity index is 1.76. The van der Waals surface area contributed by atoms with Crippen LogP contribution in [0.2, 0.25) is 0 Å². The molecule has 1 N–H and O–H groups in total. The molecule has 8 nitrogen and oxygen atoms in total. The number of ether oxygens (including phenoxy) is 1. The Hall–Kier alpha value is -3.68. The van der Waals surface area contributed by atoms with Gasteiger partial charge in [-0.2, -0.15) is 0 Å². The van der Waals surface area contributed by atoms with Crippen molar-refractivity contribution in [3.05, 3.63) is 70.6 Å². The number of anilines is 1. The van der Waals surface area contributed by atoms with E-state index in [9.17, 15) is 14.4 Å². The second kappa shape index (κ2) is 8.99. The number of carbonyl (C=O) groups excluding carboxylic acids is 2. The van der Waals surface area contributed by atoms with Crippen LogP contribution in [0.25, 0.3) is 11.0 Å². The maximum Gasteiger partial charge on any atom is 0.410 e. The molecule has 162 valence electrons. The summed E-state index contributed by atoms with van der Waals surface area (Å²) in [7, 11) is 1.63. The Morgan fingerprint density at radius 2 is 1.77 bits per heavy atom. The van der Waals surface area contributed by atoms with Crippen molar-refractivity contribution in [2.24, 2.45) is 0 Å². The van der Waals surface area contributed by atoms with E-state index in [0.717, 1.165) is 5.56 Å². The molecule has 0 atom stereocenters. The van der Waals surface area contributed by atoms with Crippen LogP contribution in [0.15, 0.2) is 59.5 Å². The van der Waals surface area contributed by atoms with Gasteiger partial charge in [0.25, 0.3) is 5.56 Å².